The minimum atomic E-state index is 0.170. The number of benzene rings is 1. The van der Waals surface area contributed by atoms with Crippen molar-refractivity contribution in [2.45, 2.75) is 25.9 Å². The van der Waals surface area contributed by atoms with Gasteiger partial charge in [-0.3, -0.25) is 0 Å². The number of hydrogen-bond acceptors (Lipinski definition) is 3. The van der Waals surface area contributed by atoms with Gasteiger partial charge in [-0.2, -0.15) is 0 Å². The Labute approximate surface area is 116 Å². The molecule has 1 heterocycles. The molecule has 2 rings (SSSR count). The highest BCUT2D eigenvalue weighted by Crippen LogP contribution is 2.16. The van der Waals surface area contributed by atoms with Crippen LogP contribution in [-0.4, -0.2) is 44.2 Å². The molecule has 1 aromatic rings. The Bertz CT molecular complexity index is 336. The third kappa shape index (κ3) is 4.94. The van der Waals surface area contributed by atoms with Crippen molar-refractivity contribution in [1.29, 1.82) is 0 Å². The average Bonchev–Trinajstić information content (AvgIpc) is 2.97. The second kappa shape index (κ2) is 8.31. The standard InChI is InChI=1S/C16H26N2O/c1-2-17-14-16(15-8-4-3-5-9-15)19-13-12-18-10-6-7-11-18/h3-5,8-9,16-17H,2,6-7,10-14H2,1H3. The topological polar surface area (TPSA) is 24.5 Å². The van der Waals surface area contributed by atoms with Crippen LogP contribution in [0.25, 0.3) is 0 Å². The molecule has 0 amide bonds. The highest BCUT2D eigenvalue weighted by atomic mass is 16.5. The van der Waals surface area contributed by atoms with Crippen LogP contribution < -0.4 is 5.32 Å². The maximum Gasteiger partial charge on any atom is 0.0949 e. The summed E-state index contributed by atoms with van der Waals surface area (Å²) in [5.41, 5.74) is 1.27. The first-order valence-corrected chi connectivity index (χ1v) is 7.49. The lowest BCUT2D eigenvalue weighted by Crippen LogP contribution is -2.28. The van der Waals surface area contributed by atoms with Gasteiger partial charge in [-0.25, -0.2) is 0 Å². The molecule has 3 heteroatoms. The molecule has 1 aliphatic heterocycles. The summed E-state index contributed by atoms with van der Waals surface area (Å²) in [6, 6.07) is 10.5. The molecule has 3 nitrogen and oxygen atoms in total. The molecule has 1 atom stereocenters. The van der Waals surface area contributed by atoms with Gasteiger partial charge < -0.3 is 15.0 Å². The molecule has 0 aliphatic carbocycles. The SMILES string of the molecule is CCNCC(OCCN1CCCC1)c1ccccc1. The van der Waals surface area contributed by atoms with E-state index in [0.717, 1.165) is 26.2 Å². The van der Waals surface area contributed by atoms with E-state index in [9.17, 15) is 0 Å². The summed E-state index contributed by atoms with van der Waals surface area (Å²) in [6.07, 6.45) is 2.86. The van der Waals surface area contributed by atoms with Gasteiger partial charge in [-0.05, 0) is 38.0 Å². The molecule has 0 radical (unpaired) electrons. The Balaban J connectivity index is 1.79. The van der Waals surface area contributed by atoms with E-state index in [1.807, 2.05) is 0 Å². The maximum absolute atomic E-state index is 6.09. The Hall–Kier alpha value is -0.900. The van der Waals surface area contributed by atoms with Crippen LogP contribution in [0.2, 0.25) is 0 Å². The van der Waals surface area contributed by atoms with Crippen molar-refractivity contribution >= 4 is 0 Å². The summed E-state index contributed by atoms with van der Waals surface area (Å²) in [6.45, 7) is 8.38. The zero-order chi connectivity index (χ0) is 13.3. The van der Waals surface area contributed by atoms with Gasteiger partial charge in [0.15, 0.2) is 0 Å². The van der Waals surface area contributed by atoms with Gasteiger partial charge in [0, 0.05) is 13.1 Å². The van der Waals surface area contributed by atoms with Crippen molar-refractivity contribution in [3.05, 3.63) is 35.9 Å². The van der Waals surface area contributed by atoms with Crippen LogP contribution in [0.1, 0.15) is 31.4 Å². The fourth-order valence-corrected chi connectivity index (χ4v) is 2.55. The van der Waals surface area contributed by atoms with Crippen LogP contribution in [-0.2, 0) is 4.74 Å². The molecule has 0 spiro atoms. The fourth-order valence-electron chi connectivity index (χ4n) is 2.55. The summed E-state index contributed by atoms with van der Waals surface area (Å²) in [7, 11) is 0. The van der Waals surface area contributed by atoms with E-state index >= 15 is 0 Å². The number of likely N-dealkylation sites (tertiary alicyclic amines) is 1. The van der Waals surface area contributed by atoms with Crippen LogP contribution in [0, 0.1) is 0 Å². The normalized spacial score (nSPS) is 17.7. The molecule has 0 aromatic heterocycles. The fraction of sp³-hybridized carbons (Fsp3) is 0.625. The predicted molar refractivity (Wildman–Crippen MR) is 79.4 cm³/mol. The molecule has 0 saturated carbocycles. The number of nitrogens with one attached hydrogen (secondary N) is 1. The van der Waals surface area contributed by atoms with Crippen molar-refractivity contribution in [3.63, 3.8) is 0 Å². The zero-order valence-corrected chi connectivity index (χ0v) is 12.0. The minimum absolute atomic E-state index is 0.170. The summed E-state index contributed by atoms with van der Waals surface area (Å²) < 4.78 is 6.09. The number of nitrogens with zero attached hydrogens (tertiary/aromatic N) is 1. The Kier molecular flexibility index (Phi) is 6.34. The number of likely N-dealkylation sites (N-methyl/N-ethyl adjacent to an activating group) is 1. The lowest BCUT2D eigenvalue weighted by Gasteiger charge is -2.21. The minimum Gasteiger partial charge on any atom is -0.371 e. The van der Waals surface area contributed by atoms with E-state index in [1.165, 1.54) is 31.5 Å². The molecule has 1 aromatic carbocycles. The zero-order valence-electron chi connectivity index (χ0n) is 12.0. The van der Waals surface area contributed by atoms with E-state index in [-0.39, 0.29) is 6.10 Å². The van der Waals surface area contributed by atoms with Gasteiger partial charge in [0.1, 0.15) is 0 Å². The van der Waals surface area contributed by atoms with Gasteiger partial charge in [0.25, 0.3) is 0 Å². The van der Waals surface area contributed by atoms with E-state index < -0.39 is 0 Å². The summed E-state index contributed by atoms with van der Waals surface area (Å²) >= 11 is 0. The Morgan fingerprint density at radius 3 is 2.63 bits per heavy atom. The van der Waals surface area contributed by atoms with Gasteiger partial charge in [-0.1, -0.05) is 37.3 Å². The highest BCUT2D eigenvalue weighted by Gasteiger charge is 2.14. The lowest BCUT2D eigenvalue weighted by atomic mass is 10.1. The van der Waals surface area contributed by atoms with Crippen LogP contribution >= 0.6 is 0 Å². The molecular weight excluding hydrogens is 236 g/mol. The van der Waals surface area contributed by atoms with Crippen LogP contribution in [0.3, 0.4) is 0 Å². The highest BCUT2D eigenvalue weighted by molar-refractivity contribution is 5.17. The molecule has 1 N–H and O–H groups in total. The number of rotatable bonds is 8. The second-order valence-electron chi connectivity index (χ2n) is 5.13. The molecule has 19 heavy (non-hydrogen) atoms. The van der Waals surface area contributed by atoms with Crippen LogP contribution in [0.4, 0.5) is 0 Å². The largest absolute Gasteiger partial charge is 0.371 e. The predicted octanol–water partition coefficient (Wildman–Crippen LogP) is 2.45. The Morgan fingerprint density at radius 1 is 1.21 bits per heavy atom. The van der Waals surface area contributed by atoms with Crippen LogP contribution in [0.15, 0.2) is 30.3 Å². The lowest BCUT2D eigenvalue weighted by molar-refractivity contribution is 0.0404. The van der Waals surface area contributed by atoms with Gasteiger partial charge >= 0.3 is 0 Å². The molecule has 1 aliphatic rings. The van der Waals surface area contributed by atoms with Crippen molar-refractivity contribution in [3.8, 4) is 0 Å². The van der Waals surface area contributed by atoms with Gasteiger partial charge in [0.2, 0.25) is 0 Å². The smallest absolute Gasteiger partial charge is 0.0949 e. The first-order chi connectivity index (χ1) is 9.40. The number of ether oxygens (including phenoxy) is 1. The monoisotopic (exact) mass is 262 g/mol. The molecule has 106 valence electrons. The number of hydrogen-bond donors (Lipinski definition) is 1. The van der Waals surface area contributed by atoms with Gasteiger partial charge in [-0.15, -0.1) is 0 Å². The summed E-state index contributed by atoms with van der Waals surface area (Å²) in [5, 5.41) is 3.39. The quantitative estimate of drug-likeness (QED) is 0.779. The maximum atomic E-state index is 6.09. The average molecular weight is 262 g/mol. The third-order valence-electron chi connectivity index (χ3n) is 3.68. The Morgan fingerprint density at radius 2 is 1.95 bits per heavy atom. The second-order valence-corrected chi connectivity index (χ2v) is 5.13. The summed E-state index contributed by atoms with van der Waals surface area (Å²) in [5.74, 6) is 0. The van der Waals surface area contributed by atoms with E-state index in [4.69, 9.17) is 4.74 Å². The van der Waals surface area contributed by atoms with Crippen molar-refractivity contribution in [2.75, 3.05) is 39.3 Å². The van der Waals surface area contributed by atoms with Crippen LogP contribution in [0.5, 0.6) is 0 Å². The molecule has 1 fully saturated rings. The van der Waals surface area contributed by atoms with E-state index in [2.05, 4.69) is 47.5 Å². The van der Waals surface area contributed by atoms with Crippen molar-refractivity contribution in [1.82, 2.24) is 10.2 Å². The van der Waals surface area contributed by atoms with Crippen molar-refractivity contribution < 1.29 is 4.74 Å². The molecule has 1 unspecified atom stereocenters. The van der Waals surface area contributed by atoms with E-state index in [1.54, 1.807) is 0 Å². The van der Waals surface area contributed by atoms with Crippen molar-refractivity contribution in [2.24, 2.45) is 0 Å². The molecular formula is C16H26N2O. The summed E-state index contributed by atoms with van der Waals surface area (Å²) in [4.78, 5) is 2.50. The molecule has 0 bridgehead atoms. The van der Waals surface area contributed by atoms with Gasteiger partial charge in [0.05, 0.1) is 12.7 Å². The van der Waals surface area contributed by atoms with E-state index in [0.29, 0.717) is 0 Å². The third-order valence-corrected chi connectivity index (χ3v) is 3.68. The first kappa shape index (κ1) is 14.5. The first-order valence-electron chi connectivity index (χ1n) is 7.49. The molecule has 1 saturated heterocycles.